The summed E-state index contributed by atoms with van der Waals surface area (Å²) in [5, 5.41) is 1.08. The average molecular weight is 471 g/mol. The molecule has 0 aliphatic rings. The van der Waals surface area contributed by atoms with Crippen molar-refractivity contribution in [3.8, 4) is 11.1 Å². The minimum atomic E-state index is 1.04. The topological polar surface area (TPSA) is 16.1 Å². The van der Waals surface area contributed by atoms with Gasteiger partial charge < -0.3 is 4.90 Å². The van der Waals surface area contributed by atoms with Crippen molar-refractivity contribution in [1.82, 2.24) is 4.98 Å². The number of anilines is 3. The van der Waals surface area contributed by atoms with E-state index in [0.29, 0.717) is 0 Å². The van der Waals surface area contributed by atoms with E-state index in [1.807, 2.05) is 12.1 Å². The van der Waals surface area contributed by atoms with Crippen LogP contribution >= 0.6 is 27.3 Å². The van der Waals surface area contributed by atoms with Crippen molar-refractivity contribution in [2.75, 3.05) is 4.90 Å². The van der Waals surface area contributed by atoms with E-state index >= 15 is 0 Å². The monoisotopic (exact) mass is 470 g/mol. The lowest BCUT2D eigenvalue weighted by molar-refractivity contribution is 1.28. The molecular formula is C26H19BrN2S. The van der Waals surface area contributed by atoms with Crippen molar-refractivity contribution in [2.45, 2.75) is 6.92 Å². The van der Waals surface area contributed by atoms with E-state index < -0.39 is 0 Å². The minimum absolute atomic E-state index is 1.04. The maximum Gasteiger partial charge on any atom is 0.0963 e. The minimum Gasteiger partial charge on any atom is -0.311 e. The molecule has 0 saturated heterocycles. The van der Waals surface area contributed by atoms with E-state index in [-0.39, 0.29) is 0 Å². The predicted octanol–water partition coefficient (Wildman–Crippen LogP) is 8.50. The third kappa shape index (κ3) is 3.53. The summed E-state index contributed by atoms with van der Waals surface area (Å²) >= 11 is 5.38. The van der Waals surface area contributed by atoms with Gasteiger partial charge in [-0.1, -0.05) is 54.6 Å². The van der Waals surface area contributed by atoms with Crippen molar-refractivity contribution in [1.29, 1.82) is 0 Å². The first-order chi connectivity index (χ1) is 14.7. The van der Waals surface area contributed by atoms with Crippen LogP contribution in [0.5, 0.6) is 0 Å². The van der Waals surface area contributed by atoms with Crippen LogP contribution in [0, 0.1) is 6.92 Å². The first-order valence-corrected chi connectivity index (χ1v) is 11.4. The highest BCUT2D eigenvalue weighted by molar-refractivity contribution is 9.10. The van der Waals surface area contributed by atoms with Crippen LogP contribution in [0.3, 0.4) is 0 Å². The van der Waals surface area contributed by atoms with Gasteiger partial charge in [-0.25, -0.2) is 4.98 Å². The smallest absolute Gasteiger partial charge is 0.0963 e. The molecule has 2 nitrogen and oxygen atoms in total. The Morgan fingerprint density at radius 1 is 0.700 bits per heavy atom. The third-order valence-electron chi connectivity index (χ3n) is 5.07. The zero-order chi connectivity index (χ0) is 20.5. The molecule has 4 aromatic carbocycles. The number of benzene rings is 4. The van der Waals surface area contributed by atoms with Crippen molar-refractivity contribution in [2.24, 2.45) is 0 Å². The predicted molar refractivity (Wildman–Crippen MR) is 132 cm³/mol. The molecule has 30 heavy (non-hydrogen) atoms. The summed E-state index contributed by atoms with van der Waals surface area (Å²) in [4.78, 5) is 6.96. The molecule has 4 heteroatoms. The number of halogens is 1. The second kappa shape index (κ2) is 8.05. The first kappa shape index (κ1) is 19.0. The summed E-state index contributed by atoms with van der Waals surface area (Å²) in [5.74, 6) is 0. The molecule has 0 bridgehead atoms. The van der Waals surface area contributed by atoms with Gasteiger partial charge in [0.1, 0.15) is 0 Å². The van der Waals surface area contributed by atoms with Gasteiger partial charge in [-0.15, -0.1) is 11.3 Å². The number of rotatable bonds is 4. The van der Waals surface area contributed by atoms with Crippen LogP contribution in [-0.2, 0) is 0 Å². The SMILES string of the molecule is Cc1nc2c(Br)ccc(-c3ccc(N(c4ccccc4)c4ccccc4)cc3)c2s1. The van der Waals surface area contributed by atoms with Crippen LogP contribution in [0.25, 0.3) is 21.3 Å². The van der Waals surface area contributed by atoms with E-state index in [2.05, 4.69) is 118 Å². The summed E-state index contributed by atoms with van der Waals surface area (Å²) in [7, 11) is 0. The molecule has 1 heterocycles. The van der Waals surface area contributed by atoms with E-state index in [0.717, 1.165) is 32.1 Å². The fourth-order valence-corrected chi connectivity index (χ4v) is 5.23. The van der Waals surface area contributed by atoms with Crippen molar-refractivity contribution >= 4 is 54.5 Å². The number of hydrogen-bond donors (Lipinski definition) is 0. The van der Waals surface area contributed by atoms with Crippen LogP contribution < -0.4 is 4.90 Å². The fraction of sp³-hybridized carbons (Fsp3) is 0.0385. The molecular weight excluding hydrogens is 452 g/mol. The second-order valence-electron chi connectivity index (χ2n) is 7.06. The molecule has 0 radical (unpaired) electrons. The van der Waals surface area contributed by atoms with E-state index in [1.54, 1.807) is 11.3 Å². The summed E-state index contributed by atoms with van der Waals surface area (Å²) in [5.41, 5.74) is 6.86. The van der Waals surface area contributed by atoms with E-state index in [9.17, 15) is 0 Å². The highest BCUT2D eigenvalue weighted by atomic mass is 79.9. The van der Waals surface area contributed by atoms with Gasteiger partial charge in [-0.05, 0) is 70.9 Å². The van der Waals surface area contributed by atoms with E-state index in [4.69, 9.17) is 0 Å². The molecule has 0 atom stereocenters. The normalized spacial score (nSPS) is 11.0. The van der Waals surface area contributed by atoms with Crippen LogP contribution in [0.4, 0.5) is 17.1 Å². The number of aryl methyl sites for hydroxylation is 1. The van der Waals surface area contributed by atoms with Crippen LogP contribution in [0.1, 0.15) is 5.01 Å². The molecule has 5 aromatic rings. The van der Waals surface area contributed by atoms with Gasteiger partial charge >= 0.3 is 0 Å². The van der Waals surface area contributed by atoms with Crippen LogP contribution in [0.2, 0.25) is 0 Å². The van der Waals surface area contributed by atoms with Gasteiger partial charge in [0.05, 0.1) is 15.2 Å². The number of fused-ring (bicyclic) bond motifs is 1. The van der Waals surface area contributed by atoms with E-state index in [1.165, 1.54) is 15.8 Å². The number of aromatic nitrogens is 1. The number of hydrogen-bond acceptors (Lipinski definition) is 3. The van der Waals surface area contributed by atoms with Crippen molar-refractivity contribution in [3.63, 3.8) is 0 Å². The zero-order valence-electron chi connectivity index (χ0n) is 16.4. The zero-order valence-corrected chi connectivity index (χ0v) is 18.8. The fourth-order valence-electron chi connectivity index (χ4n) is 3.70. The standard InChI is InChI=1S/C26H19BrN2S/c1-18-28-25-24(27)17-16-23(26(25)30-18)19-12-14-22(15-13-19)29(20-8-4-2-5-9-20)21-10-6-3-7-11-21/h2-17H,1H3. The Morgan fingerprint density at radius 3 is 1.87 bits per heavy atom. The number of nitrogens with zero attached hydrogens (tertiary/aromatic N) is 2. The molecule has 146 valence electrons. The number of para-hydroxylation sites is 2. The van der Waals surface area contributed by atoms with Gasteiger partial charge in [0.15, 0.2) is 0 Å². The Balaban J connectivity index is 1.59. The van der Waals surface area contributed by atoms with Gasteiger partial charge in [0, 0.05) is 27.1 Å². The van der Waals surface area contributed by atoms with Gasteiger partial charge in [-0.3, -0.25) is 0 Å². The highest BCUT2D eigenvalue weighted by Crippen LogP contribution is 2.39. The Kier molecular flexibility index (Phi) is 5.11. The molecule has 5 rings (SSSR count). The lowest BCUT2D eigenvalue weighted by Gasteiger charge is -2.25. The summed E-state index contributed by atoms with van der Waals surface area (Å²) < 4.78 is 2.26. The molecule has 0 amide bonds. The molecule has 0 spiro atoms. The lowest BCUT2D eigenvalue weighted by Crippen LogP contribution is -2.09. The Hall–Kier alpha value is -2.95. The molecule has 0 unspecified atom stereocenters. The van der Waals surface area contributed by atoms with Gasteiger partial charge in [-0.2, -0.15) is 0 Å². The molecule has 0 aliphatic carbocycles. The second-order valence-corrected chi connectivity index (χ2v) is 9.12. The summed E-state index contributed by atoms with van der Waals surface area (Å²) in [6, 6.07) is 34.0. The molecule has 0 aliphatic heterocycles. The van der Waals surface area contributed by atoms with Crippen LogP contribution in [0.15, 0.2) is 102 Å². The van der Waals surface area contributed by atoms with Crippen molar-refractivity contribution in [3.05, 3.63) is 107 Å². The third-order valence-corrected chi connectivity index (χ3v) is 6.71. The Bertz CT molecular complexity index is 1260. The van der Waals surface area contributed by atoms with Gasteiger partial charge in [0.25, 0.3) is 0 Å². The lowest BCUT2D eigenvalue weighted by atomic mass is 10.0. The highest BCUT2D eigenvalue weighted by Gasteiger charge is 2.14. The Morgan fingerprint density at radius 2 is 1.27 bits per heavy atom. The first-order valence-electron chi connectivity index (χ1n) is 9.77. The van der Waals surface area contributed by atoms with Gasteiger partial charge in [0.2, 0.25) is 0 Å². The summed E-state index contributed by atoms with van der Waals surface area (Å²) in [6.45, 7) is 2.06. The molecule has 0 fully saturated rings. The van der Waals surface area contributed by atoms with Crippen molar-refractivity contribution < 1.29 is 0 Å². The molecule has 0 saturated carbocycles. The maximum atomic E-state index is 4.69. The molecule has 1 aromatic heterocycles. The largest absolute Gasteiger partial charge is 0.311 e. The average Bonchev–Trinajstić information content (AvgIpc) is 3.19. The Labute approximate surface area is 188 Å². The summed E-state index contributed by atoms with van der Waals surface area (Å²) in [6.07, 6.45) is 0. The number of thiazole rings is 1. The quantitative estimate of drug-likeness (QED) is 0.261. The molecule has 0 N–H and O–H groups in total. The maximum absolute atomic E-state index is 4.69. The van der Waals surface area contributed by atoms with Crippen LogP contribution in [-0.4, -0.2) is 4.98 Å².